The summed E-state index contributed by atoms with van der Waals surface area (Å²) >= 11 is 14.8. The number of fused-ring (bicyclic) bond motifs is 1. The van der Waals surface area contributed by atoms with E-state index in [0.29, 0.717) is 42.7 Å². The molecule has 0 amide bonds. The lowest BCUT2D eigenvalue weighted by molar-refractivity contribution is 0.0287. The smallest absolute Gasteiger partial charge is 0.187 e. The van der Waals surface area contributed by atoms with Gasteiger partial charge in [-0.15, -0.1) is 11.8 Å². The van der Waals surface area contributed by atoms with Crippen LogP contribution in [0.25, 0.3) is 0 Å². The lowest BCUT2D eigenvalue weighted by atomic mass is 9.92. The predicted molar refractivity (Wildman–Crippen MR) is 124 cm³/mol. The molecule has 0 bridgehead atoms. The maximum Gasteiger partial charge on any atom is 0.187 e. The van der Waals surface area contributed by atoms with Gasteiger partial charge in [0.1, 0.15) is 17.1 Å². The molecule has 2 aliphatic rings. The van der Waals surface area contributed by atoms with E-state index in [2.05, 4.69) is 36.8 Å². The van der Waals surface area contributed by atoms with Gasteiger partial charge in [-0.1, -0.05) is 27.5 Å². The van der Waals surface area contributed by atoms with Crippen LogP contribution in [0.15, 0.2) is 44.2 Å². The molecule has 0 radical (unpaired) electrons. The van der Waals surface area contributed by atoms with Crippen LogP contribution in [0.1, 0.15) is 15.9 Å². The molecule has 0 spiro atoms. The summed E-state index contributed by atoms with van der Waals surface area (Å²) in [7, 11) is 0. The van der Waals surface area contributed by atoms with Crippen LogP contribution in [0.2, 0.25) is 5.02 Å². The summed E-state index contributed by atoms with van der Waals surface area (Å²) in [6, 6.07) is 9.50. The van der Waals surface area contributed by atoms with Gasteiger partial charge in [-0.05, 0) is 58.7 Å². The minimum absolute atomic E-state index is 0.0894. The number of thioether (sulfide) groups is 1. The first-order valence-electron chi connectivity index (χ1n) is 9.30. The molecule has 4 rings (SSSR count). The van der Waals surface area contributed by atoms with Gasteiger partial charge in [0, 0.05) is 34.0 Å². The van der Waals surface area contributed by atoms with Crippen LogP contribution in [0, 0.1) is 6.92 Å². The predicted octanol–water partition coefficient (Wildman–Crippen LogP) is 5.61. The Labute approximate surface area is 196 Å². The Morgan fingerprint density at radius 2 is 1.90 bits per heavy atom. The van der Waals surface area contributed by atoms with Crippen molar-refractivity contribution < 1.29 is 14.3 Å². The molecule has 0 aromatic heterocycles. The van der Waals surface area contributed by atoms with Crippen molar-refractivity contribution in [1.29, 1.82) is 0 Å². The third-order valence-corrected chi connectivity index (χ3v) is 8.58. The quantitative estimate of drug-likeness (QED) is 0.485. The van der Waals surface area contributed by atoms with E-state index < -0.39 is 4.75 Å². The molecular weight excluding hydrogens is 542 g/mol. The van der Waals surface area contributed by atoms with E-state index in [1.54, 1.807) is 11.8 Å². The molecule has 1 atom stereocenters. The van der Waals surface area contributed by atoms with Gasteiger partial charge in [0.2, 0.25) is 0 Å². The zero-order valence-corrected chi connectivity index (χ0v) is 20.6. The summed E-state index contributed by atoms with van der Waals surface area (Å²) in [6.07, 6.45) is 0. The molecule has 0 aliphatic carbocycles. The molecule has 2 aliphatic heterocycles. The number of ketones is 1. The normalized spacial score (nSPS) is 22.3. The third kappa shape index (κ3) is 4.41. The van der Waals surface area contributed by atoms with Crippen molar-refractivity contribution in [1.82, 2.24) is 4.90 Å². The van der Waals surface area contributed by atoms with E-state index in [1.165, 1.54) is 0 Å². The molecule has 154 valence electrons. The number of benzene rings is 2. The molecule has 1 saturated heterocycles. The fraction of sp³-hybridized carbons (Fsp3) is 0.381. The van der Waals surface area contributed by atoms with Gasteiger partial charge >= 0.3 is 0 Å². The van der Waals surface area contributed by atoms with Crippen molar-refractivity contribution in [2.75, 3.05) is 39.5 Å². The number of halogens is 3. The second kappa shape index (κ2) is 8.89. The zero-order chi connectivity index (χ0) is 20.6. The average molecular weight is 562 g/mol. The number of morpholine rings is 1. The first-order valence-corrected chi connectivity index (χ1v) is 12.1. The second-order valence-electron chi connectivity index (χ2n) is 7.23. The van der Waals surface area contributed by atoms with Gasteiger partial charge in [0.25, 0.3) is 0 Å². The van der Waals surface area contributed by atoms with Crippen LogP contribution < -0.4 is 4.74 Å². The Balaban J connectivity index is 1.73. The molecule has 29 heavy (non-hydrogen) atoms. The molecule has 1 fully saturated rings. The topological polar surface area (TPSA) is 38.8 Å². The maximum atomic E-state index is 13.9. The molecule has 2 heterocycles. The maximum absolute atomic E-state index is 13.9. The summed E-state index contributed by atoms with van der Waals surface area (Å²) in [6.45, 7) is 5.89. The summed E-state index contributed by atoms with van der Waals surface area (Å²) in [5.74, 6) is 0.719. The van der Waals surface area contributed by atoms with E-state index in [9.17, 15) is 4.79 Å². The van der Waals surface area contributed by atoms with Crippen molar-refractivity contribution in [2.24, 2.45) is 0 Å². The Kier molecular flexibility index (Phi) is 6.64. The van der Waals surface area contributed by atoms with E-state index in [-0.39, 0.29) is 5.78 Å². The summed E-state index contributed by atoms with van der Waals surface area (Å²) in [5, 5.41) is 0.677. The largest absolute Gasteiger partial charge is 0.490 e. The number of carbonyl (C=O) groups is 1. The third-order valence-electron chi connectivity index (χ3n) is 5.22. The van der Waals surface area contributed by atoms with Crippen molar-refractivity contribution >= 4 is 61.0 Å². The standard InChI is InChI=1S/C21H20Br2ClNO3S/c1-13-17(22)10-16-19(18(13)23)28-12-21(20(16)26,11-25-6-8-27-9-7-25)29-15-4-2-14(24)3-5-15/h2-5,10H,6-9,11-12H2,1H3/t21-/m0/s1. The number of carbonyl (C=O) groups excluding carboxylic acids is 1. The van der Waals surface area contributed by atoms with Crippen LogP contribution >= 0.6 is 55.2 Å². The van der Waals surface area contributed by atoms with Gasteiger partial charge in [-0.2, -0.15) is 0 Å². The number of rotatable bonds is 4. The molecular formula is C21H20Br2ClNO3S. The lowest BCUT2D eigenvalue weighted by Gasteiger charge is -2.41. The Bertz CT molecular complexity index is 935. The van der Waals surface area contributed by atoms with Gasteiger partial charge in [-0.3, -0.25) is 9.69 Å². The number of Topliss-reactive ketones (excluding diaryl/α,β-unsaturated/α-hetero) is 1. The van der Waals surface area contributed by atoms with Crippen molar-refractivity contribution in [3.63, 3.8) is 0 Å². The van der Waals surface area contributed by atoms with Gasteiger partial charge < -0.3 is 9.47 Å². The Hall–Kier alpha value is -0.570. The zero-order valence-electron chi connectivity index (χ0n) is 15.8. The van der Waals surface area contributed by atoms with Crippen LogP contribution in [0.4, 0.5) is 0 Å². The van der Waals surface area contributed by atoms with Gasteiger partial charge in [0.15, 0.2) is 5.78 Å². The first kappa shape index (κ1) is 21.7. The van der Waals surface area contributed by atoms with Crippen molar-refractivity contribution in [3.8, 4) is 5.75 Å². The molecule has 2 aromatic rings. The molecule has 2 aromatic carbocycles. The lowest BCUT2D eigenvalue weighted by Crippen LogP contribution is -2.54. The molecule has 4 nitrogen and oxygen atoms in total. The summed E-state index contributed by atoms with van der Waals surface area (Å²) in [4.78, 5) is 17.2. The monoisotopic (exact) mass is 559 g/mol. The fourth-order valence-electron chi connectivity index (χ4n) is 3.58. The van der Waals surface area contributed by atoms with Crippen molar-refractivity contribution in [2.45, 2.75) is 16.6 Å². The second-order valence-corrected chi connectivity index (χ2v) is 10.8. The highest BCUT2D eigenvalue weighted by atomic mass is 79.9. The Morgan fingerprint density at radius 1 is 1.21 bits per heavy atom. The fourth-order valence-corrected chi connectivity index (χ4v) is 6.23. The number of nitrogens with zero attached hydrogens (tertiary/aromatic N) is 1. The molecule has 8 heteroatoms. The molecule has 0 N–H and O–H groups in total. The van der Waals surface area contributed by atoms with Gasteiger partial charge in [-0.25, -0.2) is 0 Å². The van der Waals surface area contributed by atoms with E-state index in [1.807, 2.05) is 37.3 Å². The SMILES string of the molecule is Cc1c(Br)cc2c(c1Br)OC[C@](CN1CCOCC1)(Sc1ccc(Cl)cc1)C2=O. The highest BCUT2D eigenvalue weighted by molar-refractivity contribution is 9.11. The number of ether oxygens (including phenoxy) is 2. The highest BCUT2D eigenvalue weighted by Crippen LogP contribution is 2.46. The molecule has 0 saturated carbocycles. The number of hydrogen-bond donors (Lipinski definition) is 0. The van der Waals surface area contributed by atoms with E-state index >= 15 is 0 Å². The molecule has 0 unspecified atom stereocenters. The van der Waals surface area contributed by atoms with Gasteiger partial charge in [0.05, 0.1) is 23.2 Å². The number of hydrogen-bond acceptors (Lipinski definition) is 5. The first-order chi connectivity index (χ1) is 13.9. The van der Waals surface area contributed by atoms with Crippen LogP contribution in [-0.2, 0) is 4.74 Å². The van der Waals surface area contributed by atoms with Crippen LogP contribution in [-0.4, -0.2) is 54.9 Å². The Morgan fingerprint density at radius 3 is 2.59 bits per heavy atom. The highest BCUT2D eigenvalue weighted by Gasteiger charge is 2.47. The average Bonchev–Trinajstić information content (AvgIpc) is 2.72. The minimum atomic E-state index is -0.744. The van der Waals surface area contributed by atoms with E-state index in [4.69, 9.17) is 21.1 Å². The summed E-state index contributed by atoms with van der Waals surface area (Å²) < 4.78 is 12.7. The minimum Gasteiger partial charge on any atom is -0.490 e. The summed E-state index contributed by atoms with van der Waals surface area (Å²) in [5.41, 5.74) is 1.62. The van der Waals surface area contributed by atoms with Crippen LogP contribution in [0.3, 0.4) is 0 Å². The van der Waals surface area contributed by atoms with E-state index in [0.717, 1.165) is 32.5 Å². The van der Waals surface area contributed by atoms with Crippen LogP contribution in [0.5, 0.6) is 5.75 Å². The van der Waals surface area contributed by atoms with Crippen molar-refractivity contribution in [3.05, 3.63) is 55.4 Å².